The molecule has 0 aliphatic carbocycles. The summed E-state index contributed by atoms with van der Waals surface area (Å²) in [6, 6.07) is 14.6. The first-order chi connectivity index (χ1) is 18.3. The molecule has 1 atom stereocenters. The monoisotopic (exact) mass is 593 g/mol. The van der Waals surface area contributed by atoms with Gasteiger partial charge in [0.15, 0.2) is 0 Å². The number of amides is 2. The predicted molar refractivity (Wildman–Crippen MR) is 152 cm³/mol. The normalized spacial score (nSPS) is 12.2. The van der Waals surface area contributed by atoms with Crippen LogP contribution in [0.3, 0.4) is 0 Å². The van der Waals surface area contributed by atoms with Crippen LogP contribution in [0.1, 0.15) is 31.9 Å². The summed E-state index contributed by atoms with van der Waals surface area (Å²) in [6.45, 7) is 6.20. The minimum atomic E-state index is -4.30. The van der Waals surface area contributed by atoms with Crippen molar-refractivity contribution in [3.63, 3.8) is 0 Å². The second kappa shape index (κ2) is 12.8. The van der Waals surface area contributed by atoms with Gasteiger partial charge in [-0.1, -0.05) is 47.0 Å². The Hall–Kier alpha value is -3.14. The molecule has 0 saturated heterocycles. The van der Waals surface area contributed by atoms with Crippen molar-refractivity contribution in [3.05, 3.63) is 93.7 Å². The molecular weight excluding hydrogens is 564 g/mol. The third-order valence-electron chi connectivity index (χ3n) is 5.99. The van der Waals surface area contributed by atoms with Gasteiger partial charge in [-0.05, 0) is 76.2 Å². The third kappa shape index (κ3) is 7.50. The van der Waals surface area contributed by atoms with Crippen LogP contribution in [-0.4, -0.2) is 43.8 Å². The highest BCUT2D eigenvalue weighted by molar-refractivity contribution is 7.92. The van der Waals surface area contributed by atoms with Gasteiger partial charge in [-0.25, -0.2) is 12.8 Å². The van der Waals surface area contributed by atoms with Gasteiger partial charge in [-0.3, -0.25) is 13.9 Å². The number of nitrogens with zero attached hydrogens (tertiary/aromatic N) is 2. The van der Waals surface area contributed by atoms with Crippen molar-refractivity contribution in [2.24, 2.45) is 0 Å². The number of carbonyl (C=O) groups is 2. The molecule has 0 saturated carbocycles. The Labute approximate surface area is 238 Å². The summed E-state index contributed by atoms with van der Waals surface area (Å²) in [4.78, 5) is 27.9. The van der Waals surface area contributed by atoms with Gasteiger partial charge in [-0.15, -0.1) is 0 Å². The molecule has 11 heteroatoms. The predicted octanol–water partition coefficient (Wildman–Crippen LogP) is 5.58. The quantitative estimate of drug-likeness (QED) is 0.332. The van der Waals surface area contributed by atoms with E-state index in [4.69, 9.17) is 23.2 Å². The molecule has 3 aromatic rings. The Morgan fingerprint density at radius 1 is 0.923 bits per heavy atom. The lowest BCUT2D eigenvalue weighted by molar-refractivity contribution is -0.139. The van der Waals surface area contributed by atoms with Crippen LogP contribution in [0.5, 0.6) is 0 Å². The zero-order valence-electron chi connectivity index (χ0n) is 22.0. The number of sulfonamides is 1. The Balaban J connectivity index is 2.06. The molecule has 3 rings (SSSR count). The lowest BCUT2D eigenvalue weighted by atomic mass is 10.1. The van der Waals surface area contributed by atoms with E-state index in [0.29, 0.717) is 15.6 Å². The van der Waals surface area contributed by atoms with E-state index in [1.807, 2.05) is 6.92 Å². The van der Waals surface area contributed by atoms with Gasteiger partial charge in [0.2, 0.25) is 11.8 Å². The van der Waals surface area contributed by atoms with Crippen LogP contribution in [0.2, 0.25) is 10.0 Å². The molecule has 0 spiro atoms. The van der Waals surface area contributed by atoms with Crippen molar-refractivity contribution < 1.29 is 22.4 Å². The Morgan fingerprint density at radius 3 is 2.03 bits per heavy atom. The number of rotatable bonds is 10. The average Bonchev–Trinajstić information content (AvgIpc) is 2.87. The fraction of sp³-hybridized carbons (Fsp3) is 0.286. The van der Waals surface area contributed by atoms with Crippen LogP contribution in [0, 0.1) is 12.7 Å². The molecule has 0 aromatic heterocycles. The molecule has 1 unspecified atom stereocenters. The molecule has 7 nitrogen and oxygen atoms in total. The maximum atomic E-state index is 13.9. The molecule has 208 valence electrons. The molecule has 0 aliphatic rings. The molecule has 2 amide bonds. The number of hydrogen-bond acceptors (Lipinski definition) is 4. The molecule has 0 fully saturated rings. The number of hydrogen-bond donors (Lipinski definition) is 1. The summed E-state index contributed by atoms with van der Waals surface area (Å²) in [5, 5.41) is 3.37. The van der Waals surface area contributed by atoms with Crippen LogP contribution < -0.4 is 9.62 Å². The zero-order valence-corrected chi connectivity index (χ0v) is 24.3. The van der Waals surface area contributed by atoms with E-state index in [1.165, 1.54) is 4.90 Å². The fourth-order valence-electron chi connectivity index (χ4n) is 3.82. The van der Waals surface area contributed by atoms with E-state index in [2.05, 4.69) is 5.32 Å². The van der Waals surface area contributed by atoms with Crippen molar-refractivity contribution in [2.45, 2.75) is 51.2 Å². The summed E-state index contributed by atoms with van der Waals surface area (Å²) >= 11 is 12.7. The summed E-state index contributed by atoms with van der Waals surface area (Å²) < 4.78 is 41.9. The van der Waals surface area contributed by atoms with Gasteiger partial charge >= 0.3 is 0 Å². The molecule has 3 aromatic carbocycles. The molecule has 0 bridgehead atoms. The standard InChI is InChI=1S/C28H30Cl2FN3O4S/c1-18(2)32-28(36)20(4)33(16-24-25(29)6-5-7-26(24)30)27(35)17-34(22-12-8-19(3)9-13-22)39(37,38)23-14-10-21(31)11-15-23/h5-15,18,20H,16-17H2,1-4H3,(H,32,36). The minimum absolute atomic E-state index is 0.137. The maximum Gasteiger partial charge on any atom is 0.264 e. The molecular formula is C28H30Cl2FN3O4S. The summed E-state index contributed by atoms with van der Waals surface area (Å²) in [5.74, 6) is -1.69. The molecule has 39 heavy (non-hydrogen) atoms. The van der Waals surface area contributed by atoms with E-state index in [1.54, 1.807) is 63.2 Å². The molecule has 1 N–H and O–H groups in total. The smallest absolute Gasteiger partial charge is 0.264 e. The minimum Gasteiger partial charge on any atom is -0.352 e. The average molecular weight is 595 g/mol. The SMILES string of the molecule is Cc1ccc(N(CC(=O)N(Cc2c(Cl)cccc2Cl)C(C)C(=O)NC(C)C)S(=O)(=O)c2ccc(F)cc2)cc1. The Morgan fingerprint density at radius 2 is 1.49 bits per heavy atom. The van der Waals surface area contributed by atoms with E-state index < -0.39 is 40.2 Å². The summed E-state index contributed by atoms with van der Waals surface area (Å²) in [7, 11) is -4.30. The van der Waals surface area contributed by atoms with Gasteiger partial charge in [0.1, 0.15) is 18.4 Å². The number of halogens is 3. The van der Waals surface area contributed by atoms with Crippen molar-refractivity contribution in [1.29, 1.82) is 0 Å². The van der Waals surface area contributed by atoms with Gasteiger partial charge in [0.25, 0.3) is 10.0 Å². The van der Waals surface area contributed by atoms with E-state index in [9.17, 15) is 22.4 Å². The van der Waals surface area contributed by atoms with Crippen molar-refractivity contribution in [1.82, 2.24) is 10.2 Å². The van der Waals surface area contributed by atoms with Gasteiger partial charge in [0, 0.05) is 28.2 Å². The van der Waals surface area contributed by atoms with Gasteiger partial charge in [-0.2, -0.15) is 0 Å². The van der Waals surface area contributed by atoms with Gasteiger partial charge in [0.05, 0.1) is 10.6 Å². The molecule has 0 aliphatic heterocycles. The number of benzene rings is 3. The van der Waals surface area contributed by atoms with E-state index in [-0.39, 0.29) is 23.2 Å². The highest BCUT2D eigenvalue weighted by Gasteiger charge is 2.33. The van der Waals surface area contributed by atoms with Crippen LogP contribution >= 0.6 is 23.2 Å². The van der Waals surface area contributed by atoms with Crippen LogP contribution in [0.25, 0.3) is 0 Å². The highest BCUT2D eigenvalue weighted by atomic mass is 35.5. The van der Waals surface area contributed by atoms with Crippen molar-refractivity contribution in [3.8, 4) is 0 Å². The van der Waals surface area contributed by atoms with Crippen molar-refractivity contribution >= 4 is 50.7 Å². The highest BCUT2D eigenvalue weighted by Crippen LogP contribution is 2.28. The second-order valence-electron chi connectivity index (χ2n) is 9.36. The number of carbonyl (C=O) groups excluding carboxylic acids is 2. The molecule has 0 heterocycles. The molecule has 0 radical (unpaired) electrons. The third-order valence-corrected chi connectivity index (χ3v) is 8.49. The lowest BCUT2D eigenvalue weighted by Crippen LogP contribution is -2.52. The maximum absolute atomic E-state index is 13.9. The number of nitrogens with one attached hydrogen (secondary N) is 1. The van der Waals surface area contributed by atoms with Crippen LogP contribution in [0.15, 0.2) is 71.6 Å². The summed E-state index contributed by atoms with van der Waals surface area (Å²) in [6.07, 6.45) is 0. The van der Waals surface area contributed by atoms with Gasteiger partial charge < -0.3 is 10.2 Å². The first-order valence-corrected chi connectivity index (χ1v) is 14.4. The number of anilines is 1. The largest absolute Gasteiger partial charge is 0.352 e. The number of aryl methyl sites for hydroxylation is 1. The first-order valence-electron chi connectivity index (χ1n) is 12.2. The Kier molecular flexibility index (Phi) is 9.98. The topological polar surface area (TPSA) is 86.8 Å². The van der Waals surface area contributed by atoms with E-state index >= 15 is 0 Å². The zero-order chi connectivity index (χ0) is 28.9. The lowest BCUT2D eigenvalue weighted by Gasteiger charge is -2.32. The summed E-state index contributed by atoms with van der Waals surface area (Å²) in [5.41, 5.74) is 1.54. The fourth-order valence-corrected chi connectivity index (χ4v) is 5.75. The van der Waals surface area contributed by atoms with Crippen LogP contribution in [0.4, 0.5) is 10.1 Å². The van der Waals surface area contributed by atoms with Crippen molar-refractivity contribution in [2.75, 3.05) is 10.8 Å². The van der Waals surface area contributed by atoms with Crippen LogP contribution in [-0.2, 0) is 26.2 Å². The van der Waals surface area contributed by atoms with E-state index in [0.717, 1.165) is 34.1 Å². The Bertz CT molecular complexity index is 1410. The first kappa shape index (κ1) is 30.4. The second-order valence-corrected chi connectivity index (χ2v) is 12.0.